The normalized spacial score (nSPS) is 11.7. The van der Waals surface area contributed by atoms with Gasteiger partial charge in [0.05, 0.1) is 5.69 Å². The number of rotatable bonds is 4. The van der Waals surface area contributed by atoms with Gasteiger partial charge < -0.3 is 9.26 Å². The highest BCUT2D eigenvalue weighted by Gasteiger charge is 2.18. The summed E-state index contributed by atoms with van der Waals surface area (Å²) in [4.78, 5) is 23.7. The molecular weight excluding hydrogens is 298 g/mol. The maximum atomic E-state index is 12.0. The maximum absolute atomic E-state index is 12.0. The van der Waals surface area contributed by atoms with Crippen LogP contribution < -0.4 is 15.6 Å². The molecule has 7 nitrogen and oxygen atoms in total. The number of aromatic nitrogens is 1. The first-order valence-corrected chi connectivity index (χ1v) is 7.15. The number of aryl methyl sites for hydroxylation is 2. The van der Waals surface area contributed by atoms with Crippen LogP contribution in [0.4, 0.5) is 0 Å². The molecule has 1 aromatic heterocycles. The van der Waals surface area contributed by atoms with Crippen LogP contribution in [0.3, 0.4) is 0 Å². The Morgan fingerprint density at radius 3 is 2.61 bits per heavy atom. The van der Waals surface area contributed by atoms with Crippen molar-refractivity contribution < 1.29 is 18.8 Å². The topological polar surface area (TPSA) is 93.5 Å². The largest absolute Gasteiger partial charge is 0.481 e. The summed E-state index contributed by atoms with van der Waals surface area (Å²) in [5.41, 5.74) is 7.16. The molecule has 2 aromatic rings. The first-order chi connectivity index (χ1) is 10.9. The molecule has 0 saturated carbocycles. The number of nitrogens with one attached hydrogen (secondary N) is 2. The van der Waals surface area contributed by atoms with Gasteiger partial charge in [0.15, 0.2) is 6.10 Å². The second kappa shape index (κ2) is 6.95. The van der Waals surface area contributed by atoms with E-state index in [1.807, 2.05) is 26.0 Å². The van der Waals surface area contributed by atoms with Crippen LogP contribution in [0, 0.1) is 20.8 Å². The fourth-order valence-corrected chi connectivity index (χ4v) is 1.85. The first kappa shape index (κ1) is 16.5. The molecule has 1 aromatic carbocycles. The van der Waals surface area contributed by atoms with Gasteiger partial charge in [-0.15, -0.1) is 0 Å². The molecule has 1 atom stereocenters. The van der Waals surface area contributed by atoms with Crippen LogP contribution in [0.25, 0.3) is 0 Å². The molecule has 7 heteroatoms. The number of ether oxygens (including phenoxy) is 1. The number of amides is 2. The van der Waals surface area contributed by atoms with E-state index in [9.17, 15) is 9.59 Å². The summed E-state index contributed by atoms with van der Waals surface area (Å²) in [6, 6.07) is 7.09. The van der Waals surface area contributed by atoms with E-state index in [2.05, 4.69) is 16.0 Å². The van der Waals surface area contributed by atoms with Crippen molar-refractivity contribution in [3.8, 4) is 5.75 Å². The fourth-order valence-electron chi connectivity index (χ4n) is 1.85. The molecule has 2 rings (SSSR count). The number of carbonyl (C=O) groups excluding carboxylic acids is 2. The molecule has 0 saturated heterocycles. The Morgan fingerprint density at radius 2 is 1.96 bits per heavy atom. The number of hydrogen-bond acceptors (Lipinski definition) is 5. The summed E-state index contributed by atoms with van der Waals surface area (Å²) < 4.78 is 10.4. The number of hydrogen-bond donors (Lipinski definition) is 2. The highest BCUT2D eigenvalue weighted by atomic mass is 16.5. The highest BCUT2D eigenvalue weighted by Crippen LogP contribution is 2.21. The van der Waals surface area contributed by atoms with Gasteiger partial charge in [0, 0.05) is 6.07 Å². The summed E-state index contributed by atoms with van der Waals surface area (Å²) in [7, 11) is 0. The van der Waals surface area contributed by atoms with Gasteiger partial charge in [0.2, 0.25) is 5.76 Å². The van der Waals surface area contributed by atoms with Crippen molar-refractivity contribution in [3.63, 3.8) is 0 Å². The minimum Gasteiger partial charge on any atom is -0.481 e. The second-order valence-corrected chi connectivity index (χ2v) is 5.23. The van der Waals surface area contributed by atoms with Gasteiger partial charge in [0.25, 0.3) is 5.91 Å². The van der Waals surface area contributed by atoms with Gasteiger partial charge in [-0.05, 0) is 44.9 Å². The van der Waals surface area contributed by atoms with Gasteiger partial charge in [-0.1, -0.05) is 17.3 Å². The molecule has 0 radical (unpaired) electrons. The molecule has 0 aliphatic carbocycles. The quantitative estimate of drug-likeness (QED) is 0.839. The summed E-state index contributed by atoms with van der Waals surface area (Å²) in [5.74, 6) is -0.413. The van der Waals surface area contributed by atoms with E-state index in [4.69, 9.17) is 9.26 Å². The molecule has 0 spiro atoms. The van der Waals surface area contributed by atoms with Gasteiger partial charge in [-0.3, -0.25) is 20.4 Å². The van der Waals surface area contributed by atoms with E-state index in [-0.39, 0.29) is 5.76 Å². The van der Waals surface area contributed by atoms with E-state index >= 15 is 0 Å². The van der Waals surface area contributed by atoms with Crippen molar-refractivity contribution in [2.75, 3.05) is 0 Å². The Balaban J connectivity index is 1.90. The summed E-state index contributed by atoms with van der Waals surface area (Å²) >= 11 is 0. The van der Waals surface area contributed by atoms with Crippen LogP contribution in [0.1, 0.15) is 34.3 Å². The number of carbonyl (C=O) groups is 2. The van der Waals surface area contributed by atoms with Crippen molar-refractivity contribution in [3.05, 3.63) is 46.8 Å². The lowest BCUT2D eigenvalue weighted by Gasteiger charge is -2.17. The lowest BCUT2D eigenvalue weighted by molar-refractivity contribution is -0.128. The van der Waals surface area contributed by atoms with Crippen molar-refractivity contribution in [1.29, 1.82) is 0 Å². The van der Waals surface area contributed by atoms with Crippen LogP contribution in [-0.4, -0.2) is 23.1 Å². The number of benzene rings is 1. The van der Waals surface area contributed by atoms with Gasteiger partial charge in [-0.2, -0.15) is 0 Å². The summed E-state index contributed by atoms with van der Waals surface area (Å²) in [6.07, 6.45) is -0.771. The third-order valence-corrected chi connectivity index (χ3v) is 3.38. The fraction of sp³-hybridized carbons (Fsp3) is 0.312. The average molecular weight is 317 g/mol. The van der Waals surface area contributed by atoms with Gasteiger partial charge in [0.1, 0.15) is 5.75 Å². The van der Waals surface area contributed by atoms with Crippen LogP contribution >= 0.6 is 0 Å². The Bertz CT molecular complexity index is 724. The summed E-state index contributed by atoms with van der Waals surface area (Å²) in [6.45, 7) is 7.18. The molecule has 122 valence electrons. The smallest absolute Gasteiger partial charge is 0.308 e. The van der Waals surface area contributed by atoms with Crippen LogP contribution in [0.5, 0.6) is 5.75 Å². The number of nitrogens with zero attached hydrogens (tertiary/aromatic N) is 1. The SMILES string of the molecule is Cc1cc(C(=O)NNC(=O)[C@H](C)Oc2cccc(C)c2C)on1. The van der Waals surface area contributed by atoms with Crippen LogP contribution in [-0.2, 0) is 4.79 Å². The van der Waals surface area contributed by atoms with Crippen molar-refractivity contribution >= 4 is 11.8 Å². The van der Waals surface area contributed by atoms with E-state index in [1.54, 1.807) is 19.9 Å². The molecule has 23 heavy (non-hydrogen) atoms. The third-order valence-electron chi connectivity index (χ3n) is 3.38. The average Bonchev–Trinajstić information content (AvgIpc) is 2.95. The van der Waals surface area contributed by atoms with E-state index in [0.29, 0.717) is 11.4 Å². The molecule has 0 aliphatic heterocycles. The van der Waals surface area contributed by atoms with Crippen LogP contribution in [0.15, 0.2) is 28.8 Å². The molecule has 0 unspecified atom stereocenters. The van der Waals surface area contributed by atoms with Crippen LogP contribution in [0.2, 0.25) is 0 Å². The predicted octanol–water partition coefficient (Wildman–Crippen LogP) is 1.83. The molecule has 0 fully saturated rings. The first-order valence-electron chi connectivity index (χ1n) is 7.15. The molecular formula is C16H19N3O4. The zero-order valence-corrected chi connectivity index (χ0v) is 13.5. The lowest BCUT2D eigenvalue weighted by atomic mass is 10.1. The standard InChI is InChI=1S/C16H19N3O4/c1-9-6-5-7-13(11(9)3)22-12(4)15(20)17-18-16(21)14-8-10(2)19-23-14/h5-8,12H,1-4H3,(H,17,20)(H,18,21)/t12-/m0/s1. The lowest BCUT2D eigenvalue weighted by Crippen LogP contribution is -2.47. The predicted molar refractivity (Wildman–Crippen MR) is 82.9 cm³/mol. The van der Waals surface area contributed by atoms with Crippen molar-refractivity contribution in [2.45, 2.75) is 33.8 Å². The second-order valence-electron chi connectivity index (χ2n) is 5.23. The third kappa shape index (κ3) is 4.09. The van der Waals surface area contributed by atoms with Crippen molar-refractivity contribution in [2.24, 2.45) is 0 Å². The van der Waals surface area contributed by atoms with Gasteiger partial charge >= 0.3 is 5.91 Å². The Hall–Kier alpha value is -2.83. The molecule has 2 N–H and O–H groups in total. The maximum Gasteiger partial charge on any atom is 0.308 e. The number of hydrazine groups is 1. The molecule has 1 heterocycles. The monoisotopic (exact) mass is 317 g/mol. The Labute approximate surface area is 134 Å². The minimum absolute atomic E-state index is 0.0194. The molecule has 2 amide bonds. The van der Waals surface area contributed by atoms with Crippen molar-refractivity contribution in [1.82, 2.24) is 16.0 Å². The zero-order chi connectivity index (χ0) is 17.0. The molecule has 0 aliphatic rings. The molecule has 0 bridgehead atoms. The zero-order valence-electron chi connectivity index (χ0n) is 13.5. The minimum atomic E-state index is -0.771. The Kier molecular flexibility index (Phi) is 5.00. The highest BCUT2D eigenvalue weighted by molar-refractivity contribution is 5.93. The van der Waals surface area contributed by atoms with E-state index < -0.39 is 17.9 Å². The van der Waals surface area contributed by atoms with E-state index in [0.717, 1.165) is 11.1 Å². The summed E-state index contributed by atoms with van der Waals surface area (Å²) in [5, 5.41) is 3.60. The van der Waals surface area contributed by atoms with E-state index in [1.165, 1.54) is 6.07 Å². The Morgan fingerprint density at radius 1 is 1.22 bits per heavy atom. The van der Waals surface area contributed by atoms with Gasteiger partial charge in [-0.25, -0.2) is 0 Å².